The van der Waals surface area contributed by atoms with Gasteiger partial charge in [0.1, 0.15) is 5.69 Å². The van der Waals surface area contributed by atoms with Crippen LogP contribution in [0.5, 0.6) is 0 Å². The van der Waals surface area contributed by atoms with Crippen molar-refractivity contribution < 1.29 is 4.79 Å². The zero-order valence-corrected chi connectivity index (χ0v) is 10.5. The smallest absolute Gasteiger partial charge is 0.272 e. The molecule has 0 aromatic carbocycles. The zero-order valence-electron chi connectivity index (χ0n) is 10.5. The Balaban J connectivity index is 2.21. The molecule has 2 N–H and O–H groups in total. The average Bonchev–Trinajstić information content (AvgIpc) is 2.74. The summed E-state index contributed by atoms with van der Waals surface area (Å²) in [4.78, 5) is 14.3. The Morgan fingerprint density at radius 1 is 1.65 bits per heavy atom. The second-order valence-corrected chi connectivity index (χ2v) is 4.76. The predicted octanol–water partition coefficient (Wildman–Crippen LogP) is 0.620. The minimum atomic E-state index is 0.0481. The minimum absolute atomic E-state index is 0.0481. The molecule has 0 radical (unpaired) electrons. The molecule has 1 amide bonds. The van der Waals surface area contributed by atoms with Crippen molar-refractivity contribution in [3.8, 4) is 0 Å². The second-order valence-electron chi connectivity index (χ2n) is 4.76. The van der Waals surface area contributed by atoms with E-state index in [1.807, 2.05) is 4.90 Å². The summed E-state index contributed by atoms with van der Waals surface area (Å²) >= 11 is 0. The van der Waals surface area contributed by atoms with E-state index in [4.69, 9.17) is 5.73 Å². The third-order valence-electron chi connectivity index (χ3n) is 3.66. The van der Waals surface area contributed by atoms with Crippen molar-refractivity contribution in [2.45, 2.75) is 25.8 Å². The summed E-state index contributed by atoms with van der Waals surface area (Å²) in [5.74, 6) is 0.526. The molecule has 1 fully saturated rings. The van der Waals surface area contributed by atoms with Gasteiger partial charge < -0.3 is 10.6 Å². The Hall–Kier alpha value is -1.36. The van der Waals surface area contributed by atoms with E-state index < -0.39 is 0 Å². The van der Waals surface area contributed by atoms with Crippen LogP contribution in [0.2, 0.25) is 0 Å². The van der Waals surface area contributed by atoms with Crippen LogP contribution >= 0.6 is 0 Å². The van der Waals surface area contributed by atoms with Gasteiger partial charge in [0.2, 0.25) is 0 Å². The lowest BCUT2D eigenvalue weighted by Gasteiger charge is -2.39. The Labute approximate surface area is 102 Å². The number of piperidine rings is 1. The molecule has 0 bridgehead atoms. The van der Waals surface area contributed by atoms with Crippen molar-refractivity contribution >= 4 is 5.91 Å². The summed E-state index contributed by atoms with van der Waals surface area (Å²) in [6, 6.07) is 1.92. The molecule has 94 valence electrons. The average molecular weight is 236 g/mol. The summed E-state index contributed by atoms with van der Waals surface area (Å²) in [5.41, 5.74) is 6.43. The molecule has 1 aliphatic rings. The fraction of sp³-hybridized carbons (Fsp3) is 0.667. The number of hydrogen-bond donors (Lipinski definition) is 1. The molecule has 5 heteroatoms. The van der Waals surface area contributed by atoms with Gasteiger partial charge in [0.15, 0.2) is 0 Å². The van der Waals surface area contributed by atoms with Crippen LogP contribution in [0.3, 0.4) is 0 Å². The van der Waals surface area contributed by atoms with Crippen molar-refractivity contribution in [2.24, 2.45) is 18.7 Å². The highest BCUT2D eigenvalue weighted by molar-refractivity contribution is 5.92. The number of carbonyl (C=O) groups is 1. The molecule has 5 nitrogen and oxygen atoms in total. The first-order valence-electron chi connectivity index (χ1n) is 6.14. The maximum atomic E-state index is 12.4. The largest absolute Gasteiger partial charge is 0.333 e. The molecule has 0 unspecified atom stereocenters. The number of aryl methyl sites for hydroxylation is 1. The second kappa shape index (κ2) is 4.87. The Kier molecular flexibility index (Phi) is 3.47. The normalized spacial score (nSPS) is 25.0. The van der Waals surface area contributed by atoms with Crippen molar-refractivity contribution in [1.29, 1.82) is 0 Å². The number of aromatic nitrogens is 2. The quantitative estimate of drug-likeness (QED) is 0.818. The van der Waals surface area contributed by atoms with E-state index in [1.165, 1.54) is 0 Å². The molecule has 0 saturated carbocycles. The molecular formula is C12H20N4O. The number of nitrogens with two attached hydrogens (primary N) is 1. The van der Waals surface area contributed by atoms with Crippen LogP contribution in [0.1, 0.15) is 30.3 Å². The van der Waals surface area contributed by atoms with Crippen LogP contribution in [0.4, 0.5) is 0 Å². The van der Waals surface area contributed by atoms with E-state index in [0.29, 0.717) is 18.2 Å². The number of hydrogen-bond acceptors (Lipinski definition) is 3. The fourth-order valence-electron chi connectivity index (χ4n) is 2.59. The maximum absolute atomic E-state index is 12.4. The van der Waals surface area contributed by atoms with Gasteiger partial charge in [-0.2, -0.15) is 5.10 Å². The standard InChI is InChI=1S/C12H20N4O/c1-9-4-3-7-16(11(9)8-13)12(17)10-5-6-14-15(10)2/h5-6,9,11H,3-4,7-8,13H2,1-2H3/t9-,11+/m1/s1. The molecule has 17 heavy (non-hydrogen) atoms. The summed E-state index contributed by atoms with van der Waals surface area (Å²) in [5, 5.41) is 4.04. The van der Waals surface area contributed by atoms with E-state index in [9.17, 15) is 4.79 Å². The molecule has 0 spiro atoms. The predicted molar refractivity (Wildman–Crippen MR) is 65.5 cm³/mol. The van der Waals surface area contributed by atoms with Crippen LogP contribution in [-0.2, 0) is 7.05 Å². The van der Waals surface area contributed by atoms with Gasteiger partial charge in [-0.3, -0.25) is 9.48 Å². The highest BCUT2D eigenvalue weighted by atomic mass is 16.2. The first-order chi connectivity index (χ1) is 8.15. The van der Waals surface area contributed by atoms with E-state index in [1.54, 1.807) is 24.0 Å². The van der Waals surface area contributed by atoms with Crippen molar-refractivity contribution in [1.82, 2.24) is 14.7 Å². The van der Waals surface area contributed by atoms with Crippen LogP contribution in [-0.4, -0.2) is 39.7 Å². The number of carbonyl (C=O) groups excluding carboxylic acids is 1. The molecule has 2 atom stereocenters. The maximum Gasteiger partial charge on any atom is 0.272 e. The summed E-state index contributed by atoms with van der Waals surface area (Å²) < 4.78 is 1.62. The Morgan fingerprint density at radius 2 is 2.41 bits per heavy atom. The Bertz CT molecular complexity index is 401. The van der Waals surface area contributed by atoms with Gasteiger partial charge in [-0.15, -0.1) is 0 Å². The topological polar surface area (TPSA) is 64.2 Å². The zero-order chi connectivity index (χ0) is 12.4. The van der Waals surface area contributed by atoms with Crippen LogP contribution < -0.4 is 5.73 Å². The van der Waals surface area contributed by atoms with Crippen LogP contribution in [0.15, 0.2) is 12.3 Å². The monoisotopic (exact) mass is 236 g/mol. The highest BCUT2D eigenvalue weighted by Gasteiger charge is 2.32. The summed E-state index contributed by atoms with van der Waals surface area (Å²) in [6.07, 6.45) is 3.86. The Morgan fingerprint density at radius 3 is 3.00 bits per heavy atom. The fourth-order valence-corrected chi connectivity index (χ4v) is 2.59. The van der Waals surface area contributed by atoms with Gasteiger partial charge >= 0.3 is 0 Å². The third-order valence-corrected chi connectivity index (χ3v) is 3.66. The lowest BCUT2D eigenvalue weighted by Crippen LogP contribution is -2.51. The van der Waals surface area contributed by atoms with Crippen molar-refractivity contribution in [2.75, 3.05) is 13.1 Å². The number of likely N-dealkylation sites (tertiary alicyclic amines) is 1. The van der Waals surface area contributed by atoms with Crippen molar-refractivity contribution in [3.63, 3.8) is 0 Å². The van der Waals surface area contributed by atoms with Gasteiger partial charge in [0.25, 0.3) is 5.91 Å². The van der Waals surface area contributed by atoms with E-state index in [2.05, 4.69) is 12.0 Å². The van der Waals surface area contributed by atoms with Crippen LogP contribution in [0, 0.1) is 5.92 Å². The third kappa shape index (κ3) is 2.20. The van der Waals surface area contributed by atoms with E-state index >= 15 is 0 Å². The molecule has 1 aromatic rings. The summed E-state index contributed by atoms with van der Waals surface area (Å²) in [7, 11) is 1.79. The molecule has 0 aliphatic carbocycles. The number of rotatable bonds is 2. The first kappa shape index (κ1) is 12.1. The molecule has 1 aromatic heterocycles. The van der Waals surface area contributed by atoms with Gasteiger partial charge in [-0.1, -0.05) is 6.92 Å². The molecule has 2 rings (SSSR count). The SMILES string of the molecule is C[C@@H]1CCCN(C(=O)c2ccnn2C)[C@H]1CN. The lowest BCUT2D eigenvalue weighted by molar-refractivity contribution is 0.0521. The molecule has 1 aliphatic heterocycles. The van der Waals surface area contributed by atoms with E-state index in [0.717, 1.165) is 19.4 Å². The van der Waals surface area contributed by atoms with Gasteiger partial charge in [-0.25, -0.2) is 0 Å². The van der Waals surface area contributed by atoms with Gasteiger partial charge in [0.05, 0.1) is 0 Å². The molecule has 2 heterocycles. The highest BCUT2D eigenvalue weighted by Crippen LogP contribution is 2.24. The van der Waals surface area contributed by atoms with E-state index in [-0.39, 0.29) is 11.9 Å². The number of amides is 1. The van der Waals surface area contributed by atoms with Gasteiger partial charge in [-0.05, 0) is 24.8 Å². The summed E-state index contributed by atoms with van der Waals surface area (Å²) in [6.45, 7) is 3.50. The molecular weight excluding hydrogens is 216 g/mol. The lowest BCUT2D eigenvalue weighted by atomic mass is 9.90. The van der Waals surface area contributed by atoms with Crippen molar-refractivity contribution in [3.05, 3.63) is 18.0 Å². The van der Waals surface area contributed by atoms with Crippen LogP contribution in [0.25, 0.3) is 0 Å². The minimum Gasteiger partial charge on any atom is -0.333 e. The number of nitrogens with zero attached hydrogens (tertiary/aromatic N) is 3. The van der Waals surface area contributed by atoms with Gasteiger partial charge in [0, 0.05) is 32.4 Å². The first-order valence-corrected chi connectivity index (χ1v) is 6.14. The molecule has 1 saturated heterocycles.